The molecule has 0 radical (unpaired) electrons. The quantitative estimate of drug-likeness (QED) is 0.761. The van der Waals surface area contributed by atoms with E-state index in [0.29, 0.717) is 12.9 Å². The Bertz CT molecular complexity index is 629. The molecule has 0 aromatic heterocycles. The molecule has 0 saturated carbocycles. The zero-order valence-corrected chi connectivity index (χ0v) is 10.5. The summed E-state index contributed by atoms with van der Waals surface area (Å²) in [5, 5.41) is 0. The first-order chi connectivity index (χ1) is 9.38. The molecule has 0 heterocycles. The van der Waals surface area contributed by atoms with Crippen molar-refractivity contribution in [2.24, 2.45) is 0 Å². The van der Waals surface area contributed by atoms with Gasteiger partial charge in [0, 0.05) is 6.42 Å². The lowest BCUT2D eigenvalue weighted by atomic mass is 9.91. The Balaban J connectivity index is 2.13. The van der Waals surface area contributed by atoms with Gasteiger partial charge in [-0.05, 0) is 22.3 Å². The van der Waals surface area contributed by atoms with Crippen molar-refractivity contribution in [1.82, 2.24) is 0 Å². The van der Waals surface area contributed by atoms with Gasteiger partial charge in [0.1, 0.15) is 6.10 Å². The minimum atomic E-state index is -0.222. The Morgan fingerprint density at radius 1 is 0.947 bits per heavy atom. The maximum atomic E-state index is 10.8. The monoisotopic (exact) mass is 250 g/mol. The van der Waals surface area contributed by atoms with Crippen molar-refractivity contribution < 1.29 is 9.53 Å². The van der Waals surface area contributed by atoms with Crippen LogP contribution in [0.3, 0.4) is 0 Å². The topological polar surface area (TPSA) is 26.3 Å². The second-order valence-corrected chi connectivity index (χ2v) is 4.59. The third-order valence-corrected chi connectivity index (χ3v) is 3.47. The first kappa shape index (κ1) is 11.7. The van der Waals surface area contributed by atoms with Gasteiger partial charge < -0.3 is 4.74 Å². The Kier molecular flexibility index (Phi) is 3.15. The fourth-order valence-corrected chi connectivity index (χ4v) is 2.52. The zero-order chi connectivity index (χ0) is 13.1. The summed E-state index contributed by atoms with van der Waals surface area (Å²) in [4.78, 5) is 10.8. The van der Waals surface area contributed by atoms with Crippen LogP contribution in [-0.4, -0.2) is 6.47 Å². The van der Waals surface area contributed by atoms with Crippen molar-refractivity contribution >= 4 is 18.6 Å². The maximum Gasteiger partial charge on any atom is 0.293 e. The summed E-state index contributed by atoms with van der Waals surface area (Å²) in [6, 6.07) is 16.2. The van der Waals surface area contributed by atoms with E-state index in [1.165, 1.54) is 11.1 Å². The van der Waals surface area contributed by atoms with Crippen LogP contribution < -0.4 is 0 Å². The molecule has 0 fully saturated rings. The van der Waals surface area contributed by atoms with Crippen molar-refractivity contribution in [1.29, 1.82) is 0 Å². The number of carbonyl (C=O) groups excluding carboxylic acids is 1. The molecule has 94 valence electrons. The highest BCUT2D eigenvalue weighted by atomic mass is 16.5. The van der Waals surface area contributed by atoms with Crippen LogP contribution in [0.25, 0.3) is 12.2 Å². The van der Waals surface area contributed by atoms with Gasteiger partial charge in [-0.25, -0.2) is 0 Å². The molecule has 2 aromatic rings. The molecule has 1 aliphatic rings. The molecular weight excluding hydrogens is 236 g/mol. The fraction of sp³-hybridized carbons (Fsp3) is 0.118. The molecule has 1 aliphatic carbocycles. The Morgan fingerprint density at radius 2 is 1.63 bits per heavy atom. The first-order valence-corrected chi connectivity index (χ1v) is 6.32. The highest BCUT2D eigenvalue weighted by Crippen LogP contribution is 2.30. The molecule has 3 rings (SSSR count). The minimum absolute atomic E-state index is 0.222. The molecule has 19 heavy (non-hydrogen) atoms. The molecule has 0 amide bonds. The van der Waals surface area contributed by atoms with Crippen molar-refractivity contribution in [3.05, 3.63) is 70.8 Å². The summed E-state index contributed by atoms with van der Waals surface area (Å²) in [7, 11) is 0. The molecule has 0 N–H and O–H groups in total. The van der Waals surface area contributed by atoms with Crippen molar-refractivity contribution in [2.45, 2.75) is 12.5 Å². The molecule has 0 saturated heterocycles. The van der Waals surface area contributed by atoms with Crippen LogP contribution in [-0.2, 0) is 16.0 Å². The molecule has 0 bridgehead atoms. The summed E-state index contributed by atoms with van der Waals surface area (Å²) in [5.41, 5.74) is 4.53. The number of fused-ring (bicyclic) bond motifs is 2. The third-order valence-electron chi connectivity index (χ3n) is 3.47. The number of hydrogen-bond donors (Lipinski definition) is 0. The fourth-order valence-electron chi connectivity index (χ4n) is 2.52. The van der Waals surface area contributed by atoms with Crippen LogP contribution >= 0.6 is 0 Å². The lowest BCUT2D eigenvalue weighted by molar-refractivity contribution is -0.133. The van der Waals surface area contributed by atoms with Crippen LogP contribution in [0.4, 0.5) is 0 Å². The molecule has 0 aliphatic heterocycles. The van der Waals surface area contributed by atoms with Crippen LogP contribution in [0.5, 0.6) is 0 Å². The summed E-state index contributed by atoms with van der Waals surface area (Å²) in [5.74, 6) is 0. The van der Waals surface area contributed by atoms with E-state index in [1.807, 2.05) is 36.4 Å². The van der Waals surface area contributed by atoms with Crippen LogP contribution in [0.15, 0.2) is 48.5 Å². The number of hydrogen-bond acceptors (Lipinski definition) is 2. The van der Waals surface area contributed by atoms with Gasteiger partial charge >= 0.3 is 0 Å². The lowest BCUT2D eigenvalue weighted by Gasteiger charge is -2.21. The summed E-state index contributed by atoms with van der Waals surface area (Å²) in [6.45, 7) is 0.537. The van der Waals surface area contributed by atoms with E-state index in [9.17, 15) is 4.79 Å². The van der Waals surface area contributed by atoms with Crippen LogP contribution in [0.2, 0.25) is 0 Å². The molecule has 0 spiro atoms. The molecule has 2 heteroatoms. The van der Waals surface area contributed by atoms with Gasteiger partial charge in [-0.2, -0.15) is 0 Å². The maximum absolute atomic E-state index is 10.8. The number of rotatable bonds is 2. The molecular formula is C17H14O2. The first-order valence-electron chi connectivity index (χ1n) is 6.32. The van der Waals surface area contributed by atoms with Gasteiger partial charge in [0.05, 0.1) is 0 Å². The average molecular weight is 250 g/mol. The van der Waals surface area contributed by atoms with Gasteiger partial charge in [0.15, 0.2) is 0 Å². The second-order valence-electron chi connectivity index (χ2n) is 4.59. The third kappa shape index (κ3) is 2.29. The molecule has 1 atom stereocenters. The van der Waals surface area contributed by atoms with Gasteiger partial charge in [-0.15, -0.1) is 0 Å². The predicted molar refractivity (Wildman–Crippen MR) is 75.4 cm³/mol. The van der Waals surface area contributed by atoms with E-state index in [1.54, 1.807) is 0 Å². The highest BCUT2D eigenvalue weighted by molar-refractivity contribution is 5.74. The average Bonchev–Trinajstić information content (AvgIpc) is 2.44. The van der Waals surface area contributed by atoms with E-state index >= 15 is 0 Å². The van der Waals surface area contributed by atoms with Gasteiger partial charge in [-0.3, -0.25) is 4.79 Å². The summed E-state index contributed by atoms with van der Waals surface area (Å²) in [6.07, 6.45) is 4.68. The van der Waals surface area contributed by atoms with E-state index in [4.69, 9.17) is 4.74 Å². The Hall–Kier alpha value is -2.35. The van der Waals surface area contributed by atoms with E-state index in [-0.39, 0.29) is 6.10 Å². The molecule has 1 unspecified atom stereocenters. The largest absolute Gasteiger partial charge is 0.459 e. The van der Waals surface area contributed by atoms with Crippen LogP contribution in [0.1, 0.15) is 28.4 Å². The minimum Gasteiger partial charge on any atom is -0.459 e. The SMILES string of the molecule is O=COC1Cc2ccccc2/C=C\c2ccccc21. The summed E-state index contributed by atoms with van der Waals surface area (Å²) >= 11 is 0. The van der Waals surface area contributed by atoms with Gasteiger partial charge in [0.2, 0.25) is 0 Å². The predicted octanol–water partition coefficient (Wildman–Crippen LogP) is 3.63. The van der Waals surface area contributed by atoms with Crippen molar-refractivity contribution in [2.75, 3.05) is 0 Å². The van der Waals surface area contributed by atoms with E-state index < -0.39 is 0 Å². The molecule has 2 aromatic carbocycles. The van der Waals surface area contributed by atoms with Crippen molar-refractivity contribution in [3.63, 3.8) is 0 Å². The summed E-state index contributed by atoms with van der Waals surface area (Å²) < 4.78 is 5.29. The highest BCUT2D eigenvalue weighted by Gasteiger charge is 2.18. The van der Waals surface area contributed by atoms with Gasteiger partial charge in [-0.1, -0.05) is 60.7 Å². The van der Waals surface area contributed by atoms with Crippen molar-refractivity contribution in [3.8, 4) is 0 Å². The lowest BCUT2D eigenvalue weighted by Crippen LogP contribution is -2.10. The molecule has 2 nitrogen and oxygen atoms in total. The number of benzene rings is 2. The van der Waals surface area contributed by atoms with Gasteiger partial charge in [0.25, 0.3) is 6.47 Å². The van der Waals surface area contributed by atoms with E-state index in [0.717, 1.165) is 11.1 Å². The standard InChI is InChI=1S/C17H14O2/c18-12-19-17-11-15-7-2-1-5-13(15)9-10-14-6-3-4-8-16(14)17/h1-10,12,17H,11H2/b10-9-. The van der Waals surface area contributed by atoms with E-state index in [2.05, 4.69) is 24.3 Å². The van der Waals surface area contributed by atoms with Crippen LogP contribution in [0, 0.1) is 0 Å². The number of carbonyl (C=O) groups is 1. The number of ether oxygens (including phenoxy) is 1. The second kappa shape index (κ2) is 5.11. The Morgan fingerprint density at radius 3 is 2.47 bits per heavy atom. The normalized spacial score (nSPS) is 18.4. The zero-order valence-electron chi connectivity index (χ0n) is 10.5. The smallest absolute Gasteiger partial charge is 0.293 e. The Labute approximate surface area is 112 Å².